The molecule has 102 valence electrons. The van der Waals surface area contributed by atoms with Crippen LogP contribution < -0.4 is 4.74 Å². The molecule has 0 aromatic carbocycles. The maximum Gasteiger partial charge on any atom is 0.317 e. The molecule has 0 saturated carbocycles. The molecule has 5 nitrogen and oxygen atoms in total. The lowest BCUT2D eigenvalue weighted by atomic mass is 10.1. The smallest absolute Gasteiger partial charge is 0.317 e. The van der Waals surface area contributed by atoms with Crippen molar-refractivity contribution in [2.24, 2.45) is 0 Å². The van der Waals surface area contributed by atoms with Crippen molar-refractivity contribution in [3.8, 4) is 11.9 Å². The van der Waals surface area contributed by atoms with E-state index in [1.165, 1.54) is 17.0 Å². The average molecular weight is 287 g/mol. The summed E-state index contributed by atoms with van der Waals surface area (Å²) in [6.45, 7) is 4.22. The maximum atomic E-state index is 11.8. The molecule has 0 fully saturated rings. The van der Waals surface area contributed by atoms with Gasteiger partial charge in [-0.15, -0.1) is 21.5 Å². The van der Waals surface area contributed by atoms with Crippen LogP contribution in [-0.4, -0.2) is 16.2 Å². The lowest BCUT2D eigenvalue weighted by Gasteiger charge is -2.01. The summed E-state index contributed by atoms with van der Waals surface area (Å²) < 4.78 is 5.07. The minimum absolute atomic E-state index is 0.105. The molecule has 0 spiro atoms. The zero-order valence-corrected chi connectivity index (χ0v) is 12.0. The molecule has 0 aliphatic heterocycles. The number of carbonyl (C=O) groups excluding carboxylic acids is 1. The van der Waals surface area contributed by atoms with Crippen molar-refractivity contribution in [3.63, 3.8) is 0 Å². The second kappa shape index (κ2) is 6.26. The van der Waals surface area contributed by atoms with Crippen LogP contribution in [0.2, 0.25) is 0 Å². The summed E-state index contributed by atoms with van der Waals surface area (Å²) >= 11 is 1.64. The SMILES string of the molecule is CC(C)c1cc(CC(=O)Oc2ccc(C#N)nn2)cs1. The first-order chi connectivity index (χ1) is 9.58. The Morgan fingerprint density at radius 2 is 2.25 bits per heavy atom. The van der Waals surface area contributed by atoms with Crippen LogP contribution in [0.25, 0.3) is 0 Å². The normalized spacial score (nSPS) is 10.3. The first-order valence-corrected chi connectivity index (χ1v) is 6.98. The van der Waals surface area contributed by atoms with Gasteiger partial charge in [-0.2, -0.15) is 5.26 Å². The van der Waals surface area contributed by atoms with E-state index in [9.17, 15) is 4.79 Å². The van der Waals surface area contributed by atoms with Crippen molar-refractivity contribution in [3.05, 3.63) is 39.7 Å². The number of thiophene rings is 1. The highest BCUT2D eigenvalue weighted by atomic mass is 32.1. The van der Waals surface area contributed by atoms with Gasteiger partial charge in [0.05, 0.1) is 6.42 Å². The fourth-order valence-corrected chi connectivity index (χ4v) is 2.47. The van der Waals surface area contributed by atoms with E-state index in [0.29, 0.717) is 5.92 Å². The topological polar surface area (TPSA) is 75.9 Å². The molecule has 0 aliphatic carbocycles. The van der Waals surface area contributed by atoms with Gasteiger partial charge in [-0.1, -0.05) is 13.8 Å². The standard InChI is InChI=1S/C14H13N3O2S/c1-9(2)12-5-10(8-20-12)6-14(18)19-13-4-3-11(7-15)16-17-13/h3-5,8-9H,6H2,1-2H3. The van der Waals surface area contributed by atoms with Crippen LogP contribution in [0.4, 0.5) is 0 Å². The molecule has 0 unspecified atom stereocenters. The number of hydrogen-bond acceptors (Lipinski definition) is 6. The van der Waals surface area contributed by atoms with Crippen LogP contribution in [0, 0.1) is 11.3 Å². The molecule has 0 bridgehead atoms. The molecule has 0 N–H and O–H groups in total. The Labute approximate surface area is 120 Å². The summed E-state index contributed by atoms with van der Waals surface area (Å²) in [7, 11) is 0. The van der Waals surface area contributed by atoms with E-state index in [-0.39, 0.29) is 18.0 Å². The van der Waals surface area contributed by atoms with Gasteiger partial charge in [0.1, 0.15) is 6.07 Å². The lowest BCUT2D eigenvalue weighted by molar-refractivity contribution is -0.133. The third-order valence-corrected chi connectivity index (χ3v) is 3.85. The predicted octanol–water partition coefficient (Wildman–Crippen LogP) is 2.68. The number of rotatable bonds is 4. The number of nitriles is 1. The molecule has 2 aromatic heterocycles. The Bertz CT molecular complexity index is 641. The van der Waals surface area contributed by atoms with Crippen molar-refractivity contribution >= 4 is 17.3 Å². The fraction of sp³-hybridized carbons (Fsp3) is 0.286. The van der Waals surface area contributed by atoms with Crippen LogP contribution in [0.5, 0.6) is 5.88 Å². The molecule has 20 heavy (non-hydrogen) atoms. The molecule has 0 radical (unpaired) electrons. The van der Waals surface area contributed by atoms with Gasteiger partial charge >= 0.3 is 5.97 Å². The summed E-state index contributed by atoms with van der Waals surface area (Å²) in [5, 5.41) is 17.8. The fourth-order valence-electron chi connectivity index (χ4n) is 1.54. The molecule has 0 atom stereocenters. The average Bonchev–Trinajstić information content (AvgIpc) is 2.88. The van der Waals surface area contributed by atoms with Gasteiger partial charge in [0.25, 0.3) is 0 Å². The number of carbonyl (C=O) groups is 1. The highest BCUT2D eigenvalue weighted by Crippen LogP contribution is 2.23. The second-order valence-electron chi connectivity index (χ2n) is 4.53. The van der Waals surface area contributed by atoms with E-state index in [1.807, 2.05) is 17.5 Å². The van der Waals surface area contributed by atoms with E-state index in [1.54, 1.807) is 11.3 Å². The van der Waals surface area contributed by atoms with Gasteiger partial charge in [-0.3, -0.25) is 4.79 Å². The Morgan fingerprint density at radius 1 is 1.45 bits per heavy atom. The first-order valence-electron chi connectivity index (χ1n) is 6.10. The quantitative estimate of drug-likeness (QED) is 0.808. The Hall–Kier alpha value is -2.26. The molecule has 0 amide bonds. The largest absolute Gasteiger partial charge is 0.406 e. The molecular weight excluding hydrogens is 274 g/mol. The van der Waals surface area contributed by atoms with Gasteiger partial charge in [-0.05, 0) is 29.0 Å². The van der Waals surface area contributed by atoms with E-state index in [0.717, 1.165) is 5.56 Å². The van der Waals surface area contributed by atoms with Crippen LogP contribution in [0.1, 0.15) is 35.9 Å². The Kier molecular flexibility index (Phi) is 4.43. The zero-order chi connectivity index (χ0) is 14.5. The van der Waals surface area contributed by atoms with Crippen molar-refractivity contribution in [2.45, 2.75) is 26.2 Å². The number of ether oxygens (including phenoxy) is 1. The van der Waals surface area contributed by atoms with Crippen LogP contribution >= 0.6 is 11.3 Å². The number of hydrogen-bond donors (Lipinski definition) is 0. The summed E-state index contributed by atoms with van der Waals surface area (Å²) in [5.41, 5.74) is 1.12. The minimum Gasteiger partial charge on any atom is -0.406 e. The summed E-state index contributed by atoms with van der Waals surface area (Å²) in [5.74, 6) is 0.166. The van der Waals surface area contributed by atoms with Gasteiger partial charge in [0.2, 0.25) is 5.88 Å². The molecule has 2 rings (SSSR count). The highest BCUT2D eigenvalue weighted by Gasteiger charge is 2.11. The monoisotopic (exact) mass is 287 g/mol. The lowest BCUT2D eigenvalue weighted by Crippen LogP contribution is -2.12. The molecule has 0 saturated heterocycles. The van der Waals surface area contributed by atoms with Crippen LogP contribution in [0.15, 0.2) is 23.6 Å². The van der Waals surface area contributed by atoms with E-state index in [4.69, 9.17) is 10.00 Å². The number of esters is 1. The van der Waals surface area contributed by atoms with Crippen molar-refractivity contribution in [1.82, 2.24) is 10.2 Å². The summed E-state index contributed by atoms with van der Waals surface area (Å²) in [6, 6.07) is 6.77. The van der Waals surface area contributed by atoms with Gasteiger partial charge < -0.3 is 4.74 Å². The van der Waals surface area contributed by atoms with Crippen molar-refractivity contribution in [1.29, 1.82) is 5.26 Å². The van der Waals surface area contributed by atoms with E-state index < -0.39 is 5.97 Å². The van der Waals surface area contributed by atoms with Crippen molar-refractivity contribution in [2.75, 3.05) is 0 Å². The third-order valence-electron chi connectivity index (χ3n) is 2.56. The van der Waals surface area contributed by atoms with Crippen molar-refractivity contribution < 1.29 is 9.53 Å². The Morgan fingerprint density at radius 3 is 2.80 bits per heavy atom. The molecule has 2 heterocycles. The molecule has 6 heteroatoms. The van der Waals surface area contributed by atoms with Crippen LogP contribution in [0.3, 0.4) is 0 Å². The summed E-state index contributed by atoms with van der Waals surface area (Å²) in [6.07, 6.45) is 0.199. The number of nitrogens with zero attached hydrogens (tertiary/aromatic N) is 3. The Balaban J connectivity index is 1.96. The van der Waals surface area contributed by atoms with Gasteiger partial charge in [-0.25, -0.2) is 0 Å². The van der Waals surface area contributed by atoms with Crippen LogP contribution in [-0.2, 0) is 11.2 Å². The first kappa shape index (κ1) is 14.2. The highest BCUT2D eigenvalue weighted by molar-refractivity contribution is 7.10. The zero-order valence-electron chi connectivity index (χ0n) is 11.2. The van der Waals surface area contributed by atoms with E-state index >= 15 is 0 Å². The molecule has 0 aliphatic rings. The predicted molar refractivity (Wildman–Crippen MR) is 74.5 cm³/mol. The van der Waals surface area contributed by atoms with Gasteiger partial charge in [0.15, 0.2) is 5.69 Å². The second-order valence-corrected chi connectivity index (χ2v) is 5.47. The third kappa shape index (κ3) is 3.62. The van der Waals surface area contributed by atoms with Gasteiger partial charge in [0, 0.05) is 10.9 Å². The van der Waals surface area contributed by atoms with E-state index in [2.05, 4.69) is 24.0 Å². The molecule has 2 aromatic rings. The summed E-state index contributed by atoms with van der Waals surface area (Å²) in [4.78, 5) is 13.0. The molecular formula is C14H13N3O2S. The minimum atomic E-state index is -0.392. The maximum absolute atomic E-state index is 11.8. The number of aromatic nitrogens is 2.